The van der Waals surface area contributed by atoms with E-state index >= 15 is 0 Å². The predicted molar refractivity (Wildman–Crippen MR) is 122 cm³/mol. The van der Waals surface area contributed by atoms with Crippen molar-refractivity contribution >= 4 is 5.69 Å². The molecule has 0 radical (unpaired) electrons. The van der Waals surface area contributed by atoms with E-state index in [4.69, 9.17) is 0 Å². The lowest BCUT2D eigenvalue weighted by atomic mass is 9.70. The number of benzene rings is 2. The Kier molecular flexibility index (Phi) is 4.78. The average Bonchev–Trinajstić information content (AvgIpc) is 3.28. The van der Waals surface area contributed by atoms with Crippen LogP contribution < -0.4 is 4.90 Å². The number of anilines is 1. The smallest absolute Gasteiger partial charge is 0.0811 e. The standard InChI is InChI=1S/C27H34N2/c1-20-12-10-11-17-25(20)28-21(2)26-18-19-27(29(26)22(28)3,23-13-6-4-7-14-23)24-15-8-5-9-16-24/h4,6-7,10-14,17-19,21-22,24,26H,5,8-9,15-16H2,1-3H3/t21-,22?,26?,27?/m0/s1. The quantitative estimate of drug-likeness (QED) is 0.574. The Balaban J connectivity index is 1.62. The highest BCUT2D eigenvalue weighted by molar-refractivity contribution is 5.57. The Morgan fingerprint density at radius 2 is 1.55 bits per heavy atom. The van der Waals surface area contributed by atoms with Gasteiger partial charge in [-0.05, 0) is 56.7 Å². The fourth-order valence-electron chi connectivity index (χ4n) is 6.61. The average molecular weight is 387 g/mol. The number of nitrogens with zero attached hydrogens (tertiary/aromatic N) is 2. The fourth-order valence-corrected chi connectivity index (χ4v) is 6.61. The highest BCUT2D eigenvalue weighted by Crippen LogP contribution is 2.53. The van der Waals surface area contributed by atoms with Gasteiger partial charge >= 0.3 is 0 Å². The maximum absolute atomic E-state index is 2.86. The first kappa shape index (κ1) is 18.9. The zero-order valence-corrected chi connectivity index (χ0v) is 18.1. The molecule has 2 aliphatic heterocycles. The van der Waals surface area contributed by atoms with Gasteiger partial charge in [0.1, 0.15) is 0 Å². The number of rotatable bonds is 3. The van der Waals surface area contributed by atoms with Gasteiger partial charge in [-0.15, -0.1) is 0 Å². The molecular formula is C27H34N2. The lowest BCUT2D eigenvalue weighted by Crippen LogP contribution is -2.53. The van der Waals surface area contributed by atoms with E-state index in [0.717, 1.165) is 0 Å². The molecular weight excluding hydrogens is 352 g/mol. The van der Waals surface area contributed by atoms with Gasteiger partial charge in [0.05, 0.1) is 17.7 Å². The van der Waals surface area contributed by atoms with Gasteiger partial charge in [0.25, 0.3) is 0 Å². The Morgan fingerprint density at radius 3 is 2.28 bits per heavy atom. The van der Waals surface area contributed by atoms with E-state index in [2.05, 4.69) is 97.3 Å². The van der Waals surface area contributed by atoms with Crippen LogP contribution in [-0.4, -0.2) is 23.1 Å². The van der Waals surface area contributed by atoms with E-state index in [1.54, 1.807) is 0 Å². The van der Waals surface area contributed by atoms with Crippen LogP contribution in [0.25, 0.3) is 0 Å². The lowest BCUT2D eigenvalue weighted by molar-refractivity contribution is 0.0402. The molecule has 2 heteroatoms. The first-order valence-electron chi connectivity index (χ1n) is 11.5. The largest absolute Gasteiger partial charge is 0.351 e. The van der Waals surface area contributed by atoms with Gasteiger partial charge in [-0.25, -0.2) is 0 Å². The van der Waals surface area contributed by atoms with Crippen molar-refractivity contribution in [1.29, 1.82) is 0 Å². The Morgan fingerprint density at radius 1 is 0.862 bits per heavy atom. The van der Waals surface area contributed by atoms with Gasteiger partial charge in [0.15, 0.2) is 0 Å². The monoisotopic (exact) mass is 386 g/mol. The van der Waals surface area contributed by atoms with Crippen molar-refractivity contribution in [3.05, 3.63) is 77.9 Å². The summed E-state index contributed by atoms with van der Waals surface area (Å²) in [6, 6.07) is 21.2. The Bertz CT molecular complexity index is 882. The molecule has 2 aromatic rings. The molecule has 1 saturated carbocycles. The molecule has 1 aliphatic carbocycles. The van der Waals surface area contributed by atoms with Crippen LogP contribution in [0.2, 0.25) is 0 Å². The minimum atomic E-state index is 0.0253. The fraction of sp³-hybridized carbons (Fsp3) is 0.481. The van der Waals surface area contributed by atoms with Crippen molar-refractivity contribution in [3.8, 4) is 0 Å². The van der Waals surface area contributed by atoms with Crippen LogP contribution in [0.3, 0.4) is 0 Å². The third-order valence-corrected chi connectivity index (χ3v) is 7.89. The summed E-state index contributed by atoms with van der Waals surface area (Å²) >= 11 is 0. The second-order valence-electron chi connectivity index (χ2n) is 9.35. The third-order valence-electron chi connectivity index (χ3n) is 7.89. The van der Waals surface area contributed by atoms with Crippen molar-refractivity contribution in [3.63, 3.8) is 0 Å². The van der Waals surface area contributed by atoms with Crippen molar-refractivity contribution in [2.24, 2.45) is 5.92 Å². The molecule has 3 unspecified atom stereocenters. The van der Waals surface area contributed by atoms with Gasteiger partial charge in [0.2, 0.25) is 0 Å². The van der Waals surface area contributed by atoms with Crippen molar-refractivity contribution in [2.75, 3.05) is 4.90 Å². The van der Waals surface area contributed by atoms with Crippen LogP contribution in [-0.2, 0) is 5.54 Å². The van der Waals surface area contributed by atoms with Gasteiger partial charge in [-0.3, -0.25) is 4.90 Å². The van der Waals surface area contributed by atoms with E-state index in [9.17, 15) is 0 Å². The van der Waals surface area contributed by atoms with Crippen LogP contribution >= 0.6 is 0 Å². The van der Waals surface area contributed by atoms with Crippen LogP contribution in [0.1, 0.15) is 57.1 Å². The van der Waals surface area contributed by atoms with E-state index < -0.39 is 0 Å². The van der Waals surface area contributed by atoms with Crippen molar-refractivity contribution < 1.29 is 0 Å². The molecule has 2 nitrogen and oxygen atoms in total. The molecule has 2 heterocycles. The first-order valence-corrected chi connectivity index (χ1v) is 11.5. The summed E-state index contributed by atoms with van der Waals surface area (Å²) < 4.78 is 0. The maximum atomic E-state index is 2.86. The van der Waals surface area contributed by atoms with Crippen LogP contribution in [0.5, 0.6) is 0 Å². The summed E-state index contributed by atoms with van der Waals surface area (Å²) in [6.45, 7) is 7.09. The lowest BCUT2D eigenvalue weighted by Gasteiger charge is -2.48. The molecule has 5 rings (SSSR count). The van der Waals surface area contributed by atoms with Gasteiger partial charge in [0, 0.05) is 11.7 Å². The summed E-state index contributed by atoms with van der Waals surface area (Å²) in [5, 5.41) is 0. The van der Waals surface area contributed by atoms with E-state index in [0.29, 0.717) is 24.2 Å². The minimum Gasteiger partial charge on any atom is -0.351 e. The summed E-state index contributed by atoms with van der Waals surface area (Å²) in [7, 11) is 0. The van der Waals surface area contributed by atoms with Crippen LogP contribution in [0, 0.1) is 12.8 Å². The van der Waals surface area contributed by atoms with Crippen molar-refractivity contribution in [2.45, 2.75) is 76.7 Å². The van der Waals surface area contributed by atoms with Gasteiger partial charge < -0.3 is 4.90 Å². The maximum Gasteiger partial charge on any atom is 0.0811 e. The van der Waals surface area contributed by atoms with Crippen LogP contribution in [0.4, 0.5) is 5.69 Å². The summed E-state index contributed by atoms with van der Waals surface area (Å²) in [4.78, 5) is 5.53. The van der Waals surface area contributed by atoms with Crippen molar-refractivity contribution in [1.82, 2.24) is 4.90 Å². The summed E-state index contributed by atoms with van der Waals surface area (Å²) in [5.74, 6) is 0.700. The molecule has 0 bridgehead atoms. The Hall–Kier alpha value is -2.06. The second kappa shape index (κ2) is 7.32. The number of hydrogen-bond acceptors (Lipinski definition) is 2. The van der Waals surface area contributed by atoms with E-state index in [1.807, 2.05) is 0 Å². The SMILES string of the molecule is Cc1ccccc1N1C(C)N2C(C=CC2(c2ccccc2)C2CCCCC2)[C@@H]1C. The zero-order valence-electron chi connectivity index (χ0n) is 18.1. The molecule has 2 fully saturated rings. The minimum absolute atomic E-state index is 0.0253. The number of aryl methyl sites for hydroxylation is 1. The number of hydrogen-bond donors (Lipinski definition) is 0. The summed E-state index contributed by atoms with van der Waals surface area (Å²) in [6.07, 6.45) is 12.3. The van der Waals surface area contributed by atoms with Gasteiger partial charge in [-0.2, -0.15) is 0 Å². The molecule has 0 aromatic heterocycles. The molecule has 1 saturated heterocycles. The molecule has 4 atom stereocenters. The van der Waals surface area contributed by atoms with E-state index in [1.165, 1.54) is 48.9 Å². The molecule has 3 aliphatic rings. The highest BCUT2D eigenvalue weighted by atomic mass is 15.5. The molecule has 0 spiro atoms. The summed E-state index contributed by atoms with van der Waals surface area (Å²) in [5.41, 5.74) is 4.27. The highest BCUT2D eigenvalue weighted by Gasteiger charge is 2.57. The normalized spacial score (nSPS) is 32.7. The Labute approximate surface area is 176 Å². The van der Waals surface area contributed by atoms with Crippen LogP contribution in [0.15, 0.2) is 66.7 Å². The number of para-hydroxylation sites is 1. The first-order chi connectivity index (χ1) is 14.1. The molecule has 0 amide bonds. The molecule has 152 valence electrons. The second-order valence-corrected chi connectivity index (χ2v) is 9.35. The zero-order chi connectivity index (χ0) is 20.0. The third kappa shape index (κ3) is 2.79. The van der Waals surface area contributed by atoms with E-state index in [-0.39, 0.29) is 5.54 Å². The molecule has 0 N–H and O–H groups in total. The molecule has 2 aromatic carbocycles. The topological polar surface area (TPSA) is 6.48 Å². The van der Waals surface area contributed by atoms with Gasteiger partial charge in [-0.1, -0.05) is 79.9 Å². The molecule has 29 heavy (non-hydrogen) atoms. The number of fused-ring (bicyclic) bond motifs is 1. The predicted octanol–water partition coefficient (Wildman–Crippen LogP) is 6.27.